The second-order valence-corrected chi connectivity index (χ2v) is 3.47. The average Bonchev–Trinajstić information content (AvgIpc) is 2.70. The van der Waals surface area contributed by atoms with Crippen LogP contribution in [0.15, 0.2) is 24.3 Å². The van der Waals surface area contributed by atoms with Crippen molar-refractivity contribution in [3.8, 4) is 0 Å². The molecule has 1 aromatic carbocycles. The Labute approximate surface area is 70.9 Å². The molecule has 1 aromatic rings. The van der Waals surface area contributed by atoms with Crippen LogP contribution >= 0.6 is 11.6 Å². The maximum atomic E-state index is 5.82. The Hall–Kier alpha value is -0.530. The Kier molecular flexibility index (Phi) is 1.44. The van der Waals surface area contributed by atoms with E-state index in [-0.39, 0.29) is 5.60 Å². The van der Waals surface area contributed by atoms with Gasteiger partial charge in [-0.2, -0.15) is 0 Å². The first-order chi connectivity index (χ1) is 5.21. The van der Waals surface area contributed by atoms with Gasteiger partial charge in [-0.05, 0) is 24.6 Å². The number of hydrogen-bond acceptors (Lipinski definition) is 1. The van der Waals surface area contributed by atoms with Gasteiger partial charge in [0.05, 0.1) is 6.61 Å². The Morgan fingerprint density at radius 1 is 1.55 bits per heavy atom. The molecular formula is C9H9ClO. The van der Waals surface area contributed by atoms with Crippen molar-refractivity contribution >= 4 is 11.6 Å². The van der Waals surface area contributed by atoms with Crippen molar-refractivity contribution in [1.82, 2.24) is 0 Å². The zero-order valence-corrected chi connectivity index (χ0v) is 7.06. The van der Waals surface area contributed by atoms with Gasteiger partial charge in [0.2, 0.25) is 0 Å². The average molecular weight is 169 g/mol. The molecule has 0 spiro atoms. The van der Waals surface area contributed by atoms with Crippen LogP contribution in [0.3, 0.4) is 0 Å². The van der Waals surface area contributed by atoms with Crippen LogP contribution in [-0.2, 0) is 10.3 Å². The molecule has 0 bridgehead atoms. The Morgan fingerprint density at radius 2 is 2.27 bits per heavy atom. The van der Waals surface area contributed by atoms with Crippen molar-refractivity contribution < 1.29 is 4.74 Å². The van der Waals surface area contributed by atoms with Crippen LogP contribution in [0.4, 0.5) is 0 Å². The maximum Gasteiger partial charge on any atom is 0.114 e. The van der Waals surface area contributed by atoms with Gasteiger partial charge in [0.15, 0.2) is 0 Å². The largest absolute Gasteiger partial charge is 0.365 e. The molecule has 2 rings (SSSR count). The van der Waals surface area contributed by atoms with E-state index in [0.29, 0.717) is 0 Å². The van der Waals surface area contributed by atoms with Crippen LogP contribution in [0.1, 0.15) is 12.5 Å². The van der Waals surface area contributed by atoms with Crippen molar-refractivity contribution in [3.05, 3.63) is 34.9 Å². The molecule has 1 aliphatic heterocycles. The van der Waals surface area contributed by atoms with Gasteiger partial charge in [-0.3, -0.25) is 0 Å². The molecule has 0 amide bonds. The maximum absolute atomic E-state index is 5.82. The van der Waals surface area contributed by atoms with Crippen LogP contribution in [0, 0.1) is 0 Å². The third-order valence-corrected chi connectivity index (χ3v) is 2.25. The molecule has 0 aromatic heterocycles. The summed E-state index contributed by atoms with van der Waals surface area (Å²) in [7, 11) is 0. The molecule has 1 fully saturated rings. The summed E-state index contributed by atoms with van der Waals surface area (Å²) in [6.07, 6.45) is 0. The standard InChI is InChI=1S/C9H9ClO/c1-9(6-11-9)7-3-2-4-8(10)5-7/h2-5H,6H2,1H3/t9-/m1/s1. The van der Waals surface area contributed by atoms with E-state index in [2.05, 4.69) is 6.92 Å². The van der Waals surface area contributed by atoms with E-state index in [4.69, 9.17) is 16.3 Å². The normalized spacial score (nSPS) is 28.5. The topological polar surface area (TPSA) is 12.5 Å². The molecule has 1 nitrogen and oxygen atoms in total. The highest BCUT2D eigenvalue weighted by molar-refractivity contribution is 6.30. The molecule has 1 atom stereocenters. The Bertz CT molecular complexity index is 279. The quantitative estimate of drug-likeness (QED) is 0.588. The summed E-state index contributed by atoms with van der Waals surface area (Å²) in [5, 5.41) is 0.777. The summed E-state index contributed by atoms with van der Waals surface area (Å²) < 4.78 is 5.28. The van der Waals surface area contributed by atoms with Gasteiger partial charge in [-0.1, -0.05) is 23.7 Å². The molecule has 58 valence electrons. The number of halogens is 1. The zero-order chi connectivity index (χ0) is 7.90. The summed E-state index contributed by atoms with van der Waals surface area (Å²) in [4.78, 5) is 0. The second-order valence-electron chi connectivity index (χ2n) is 3.03. The minimum absolute atomic E-state index is 0.0507. The lowest BCUT2D eigenvalue weighted by atomic mass is 10.0. The highest BCUT2D eigenvalue weighted by Gasteiger charge is 2.40. The molecule has 1 saturated heterocycles. The molecule has 1 heterocycles. The highest BCUT2D eigenvalue weighted by Crippen LogP contribution is 2.38. The SMILES string of the molecule is C[C@]1(c2cccc(Cl)c2)CO1. The predicted octanol–water partition coefficient (Wildman–Crippen LogP) is 2.59. The number of hydrogen-bond donors (Lipinski definition) is 0. The number of ether oxygens (including phenoxy) is 1. The summed E-state index contributed by atoms with van der Waals surface area (Å²) in [6, 6.07) is 7.81. The second kappa shape index (κ2) is 2.23. The monoisotopic (exact) mass is 168 g/mol. The van der Waals surface area contributed by atoms with E-state index in [1.807, 2.05) is 24.3 Å². The zero-order valence-electron chi connectivity index (χ0n) is 6.30. The summed E-state index contributed by atoms with van der Waals surface area (Å²) in [5.74, 6) is 0. The first-order valence-corrected chi connectivity index (χ1v) is 3.98. The molecule has 1 aliphatic rings. The van der Waals surface area contributed by atoms with Crippen molar-refractivity contribution in [2.75, 3.05) is 6.61 Å². The Morgan fingerprint density at radius 3 is 2.82 bits per heavy atom. The van der Waals surface area contributed by atoms with Gasteiger partial charge in [0.1, 0.15) is 5.60 Å². The van der Waals surface area contributed by atoms with Crippen LogP contribution in [0.5, 0.6) is 0 Å². The van der Waals surface area contributed by atoms with Crippen LogP contribution < -0.4 is 0 Å². The van der Waals surface area contributed by atoms with Gasteiger partial charge in [-0.25, -0.2) is 0 Å². The van der Waals surface area contributed by atoms with E-state index in [9.17, 15) is 0 Å². The molecule has 0 N–H and O–H groups in total. The van der Waals surface area contributed by atoms with Crippen LogP contribution in [0.2, 0.25) is 5.02 Å². The van der Waals surface area contributed by atoms with Gasteiger partial charge >= 0.3 is 0 Å². The minimum Gasteiger partial charge on any atom is -0.365 e. The summed E-state index contributed by atoms with van der Waals surface area (Å²) in [5.41, 5.74) is 1.12. The third-order valence-electron chi connectivity index (χ3n) is 2.01. The molecule has 0 aliphatic carbocycles. The lowest BCUT2D eigenvalue weighted by molar-refractivity contribution is 0.329. The molecule has 0 unspecified atom stereocenters. The van der Waals surface area contributed by atoms with Crippen LogP contribution in [0.25, 0.3) is 0 Å². The van der Waals surface area contributed by atoms with Gasteiger partial charge in [0, 0.05) is 5.02 Å². The van der Waals surface area contributed by atoms with Gasteiger partial charge in [0.25, 0.3) is 0 Å². The smallest absolute Gasteiger partial charge is 0.114 e. The number of benzene rings is 1. The fraction of sp³-hybridized carbons (Fsp3) is 0.333. The first-order valence-electron chi connectivity index (χ1n) is 3.61. The summed E-state index contributed by atoms with van der Waals surface area (Å²) >= 11 is 5.82. The number of epoxide rings is 1. The lowest BCUT2D eigenvalue weighted by Gasteiger charge is -2.04. The fourth-order valence-electron chi connectivity index (χ4n) is 1.09. The van der Waals surface area contributed by atoms with Gasteiger partial charge < -0.3 is 4.74 Å². The predicted molar refractivity (Wildman–Crippen MR) is 44.8 cm³/mol. The lowest BCUT2D eigenvalue weighted by Crippen LogP contribution is -2.00. The summed E-state index contributed by atoms with van der Waals surface area (Å²) in [6.45, 7) is 2.88. The van der Waals surface area contributed by atoms with E-state index in [0.717, 1.165) is 11.6 Å². The van der Waals surface area contributed by atoms with Crippen molar-refractivity contribution in [1.29, 1.82) is 0 Å². The molecule has 0 saturated carbocycles. The van der Waals surface area contributed by atoms with Crippen LogP contribution in [-0.4, -0.2) is 6.61 Å². The van der Waals surface area contributed by atoms with E-state index in [1.165, 1.54) is 5.56 Å². The van der Waals surface area contributed by atoms with Crippen molar-refractivity contribution in [2.24, 2.45) is 0 Å². The highest BCUT2D eigenvalue weighted by atomic mass is 35.5. The first kappa shape index (κ1) is 7.14. The molecule has 11 heavy (non-hydrogen) atoms. The number of rotatable bonds is 1. The van der Waals surface area contributed by atoms with Gasteiger partial charge in [-0.15, -0.1) is 0 Å². The van der Waals surface area contributed by atoms with E-state index < -0.39 is 0 Å². The van der Waals surface area contributed by atoms with Crippen molar-refractivity contribution in [2.45, 2.75) is 12.5 Å². The minimum atomic E-state index is -0.0507. The van der Waals surface area contributed by atoms with E-state index >= 15 is 0 Å². The molecule has 0 radical (unpaired) electrons. The van der Waals surface area contributed by atoms with E-state index in [1.54, 1.807) is 0 Å². The Balaban J connectivity index is 2.38. The van der Waals surface area contributed by atoms with Crippen molar-refractivity contribution in [3.63, 3.8) is 0 Å². The fourth-order valence-corrected chi connectivity index (χ4v) is 1.28. The third kappa shape index (κ3) is 1.26. The molecule has 2 heteroatoms. The molecular weight excluding hydrogens is 160 g/mol.